The van der Waals surface area contributed by atoms with E-state index in [1.807, 2.05) is 0 Å². The Morgan fingerprint density at radius 2 is 2.11 bits per heavy atom. The third-order valence-corrected chi connectivity index (χ3v) is 2.32. The van der Waals surface area contributed by atoms with Gasteiger partial charge in [-0.3, -0.25) is 4.79 Å². The molecule has 98 valence electrons. The van der Waals surface area contributed by atoms with E-state index in [4.69, 9.17) is 10.8 Å². The Kier molecular flexibility index (Phi) is 5.13. The predicted molar refractivity (Wildman–Crippen MR) is 66.5 cm³/mol. The fourth-order valence-corrected chi connectivity index (χ4v) is 1.46. The summed E-state index contributed by atoms with van der Waals surface area (Å²) in [6.07, 6.45) is -0.132. The number of carboxylic acid groups (broad SMARTS) is 1. The fraction of sp³-hybridized carbons (Fsp3) is 0.333. The first kappa shape index (κ1) is 14.0. The Labute approximate surface area is 105 Å². The highest BCUT2D eigenvalue weighted by atomic mass is 16.5. The van der Waals surface area contributed by atoms with Crippen molar-refractivity contribution in [1.29, 1.82) is 0 Å². The molecule has 0 heterocycles. The van der Waals surface area contributed by atoms with Gasteiger partial charge in [0.1, 0.15) is 0 Å². The minimum atomic E-state index is -0.953. The van der Waals surface area contributed by atoms with Gasteiger partial charge in [0.15, 0.2) is 0 Å². The average molecular weight is 252 g/mol. The van der Waals surface area contributed by atoms with E-state index < -0.39 is 18.0 Å². The molecule has 18 heavy (non-hydrogen) atoms. The molecule has 0 aliphatic rings. The molecule has 0 saturated heterocycles. The minimum Gasteiger partial charge on any atom is -0.481 e. The van der Waals surface area contributed by atoms with Crippen LogP contribution in [0.25, 0.3) is 0 Å². The summed E-state index contributed by atoms with van der Waals surface area (Å²) in [6.45, 7) is 0.264. The Hall–Kier alpha value is -2.08. The monoisotopic (exact) mass is 252 g/mol. The van der Waals surface area contributed by atoms with Crippen LogP contribution >= 0.6 is 0 Å². The molecule has 0 aliphatic carbocycles. The van der Waals surface area contributed by atoms with Gasteiger partial charge in [0, 0.05) is 18.3 Å². The van der Waals surface area contributed by atoms with E-state index in [1.165, 1.54) is 7.11 Å². The van der Waals surface area contributed by atoms with E-state index >= 15 is 0 Å². The summed E-state index contributed by atoms with van der Waals surface area (Å²) in [7, 11) is 1.30. The predicted octanol–water partition coefficient (Wildman–Crippen LogP) is 0.687. The lowest BCUT2D eigenvalue weighted by Crippen LogP contribution is -2.31. The van der Waals surface area contributed by atoms with Gasteiger partial charge in [0.05, 0.1) is 19.1 Å². The molecule has 1 atom stereocenters. The molecule has 0 spiro atoms. The van der Waals surface area contributed by atoms with Crippen LogP contribution in [0, 0.1) is 0 Å². The molecular formula is C12H16N2O4. The van der Waals surface area contributed by atoms with Crippen molar-refractivity contribution in [2.24, 2.45) is 5.73 Å². The van der Waals surface area contributed by atoms with Crippen LogP contribution in [0.5, 0.6) is 0 Å². The number of hydrogen-bond donors (Lipinski definition) is 3. The molecule has 0 amide bonds. The van der Waals surface area contributed by atoms with Crippen molar-refractivity contribution >= 4 is 17.6 Å². The summed E-state index contributed by atoms with van der Waals surface area (Å²) >= 11 is 0. The molecule has 1 rings (SSSR count). The van der Waals surface area contributed by atoms with E-state index in [-0.39, 0.29) is 13.0 Å². The molecule has 1 aromatic carbocycles. The molecule has 0 bridgehead atoms. The largest absolute Gasteiger partial charge is 0.481 e. The zero-order valence-corrected chi connectivity index (χ0v) is 10.1. The second-order valence-corrected chi connectivity index (χ2v) is 3.78. The van der Waals surface area contributed by atoms with Gasteiger partial charge in [-0.25, -0.2) is 4.79 Å². The first-order chi connectivity index (χ1) is 8.54. The van der Waals surface area contributed by atoms with Crippen molar-refractivity contribution in [1.82, 2.24) is 0 Å². The molecule has 0 radical (unpaired) electrons. The minimum absolute atomic E-state index is 0.132. The van der Waals surface area contributed by atoms with Crippen LogP contribution in [0.1, 0.15) is 16.8 Å². The average Bonchev–Trinajstić information content (AvgIpc) is 2.35. The number of anilines is 1. The van der Waals surface area contributed by atoms with E-state index in [2.05, 4.69) is 10.1 Å². The quantitative estimate of drug-likeness (QED) is 0.644. The van der Waals surface area contributed by atoms with Crippen LogP contribution in [0.4, 0.5) is 5.69 Å². The van der Waals surface area contributed by atoms with Gasteiger partial charge >= 0.3 is 11.9 Å². The third-order valence-electron chi connectivity index (χ3n) is 2.32. The van der Waals surface area contributed by atoms with Gasteiger partial charge in [-0.2, -0.15) is 0 Å². The summed E-state index contributed by atoms with van der Waals surface area (Å²) in [4.78, 5) is 21.9. The number of carbonyl (C=O) groups excluding carboxylic acids is 1. The van der Waals surface area contributed by atoms with Crippen LogP contribution in [0.2, 0.25) is 0 Å². The Morgan fingerprint density at radius 3 is 2.72 bits per heavy atom. The summed E-state index contributed by atoms with van der Waals surface area (Å²) in [5.41, 5.74) is 6.59. The van der Waals surface area contributed by atoms with Crippen LogP contribution in [0.3, 0.4) is 0 Å². The van der Waals surface area contributed by atoms with Crippen LogP contribution in [0.15, 0.2) is 24.3 Å². The lowest BCUT2D eigenvalue weighted by Gasteiger charge is -2.13. The van der Waals surface area contributed by atoms with Gasteiger partial charge in [-0.05, 0) is 12.1 Å². The van der Waals surface area contributed by atoms with Gasteiger partial charge in [0.25, 0.3) is 0 Å². The number of benzene rings is 1. The van der Waals surface area contributed by atoms with Gasteiger partial charge in [-0.15, -0.1) is 0 Å². The van der Waals surface area contributed by atoms with Crippen molar-refractivity contribution in [2.75, 3.05) is 19.0 Å². The number of para-hydroxylation sites is 1. The number of nitrogens with two attached hydrogens (primary N) is 1. The number of carbonyl (C=O) groups is 2. The summed E-state index contributed by atoms with van der Waals surface area (Å²) in [5.74, 6) is -1.41. The Balaban J connectivity index is 2.67. The number of methoxy groups -OCH3 is 1. The van der Waals surface area contributed by atoms with Crippen molar-refractivity contribution in [3.63, 3.8) is 0 Å². The lowest BCUT2D eigenvalue weighted by molar-refractivity contribution is -0.137. The zero-order valence-electron chi connectivity index (χ0n) is 10.1. The van der Waals surface area contributed by atoms with E-state index in [0.29, 0.717) is 11.3 Å². The maximum atomic E-state index is 11.5. The smallest absolute Gasteiger partial charge is 0.339 e. The molecule has 0 fully saturated rings. The van der Waals surface area contributed by atoms with Crippen molar-refractivity contribution in [3.8, 4) is 0 Å². The molecule has 0 aliphatic heterocycles. The molecule has 4 N–H and O–H groups in total. The first-order valence-electron chi connectivity index (χ1n) is 5.43. The lowest BCUT2D eigenvalue weighted by atomic mass is 10.1. The molecule has 1 aromatic rings. The summed E-state index contributed by atoms with van der Waals surface area (Å²) < 4.78 is 4.64. The number of nitrogens with one attached hydrogen (secondary N) is 1. The Morgan fingerprint density at radius 1 is 1.44 bits per heavy atom. The molecular weight excluding hydrogens is 236 g/mol. The topological polar surface area (TPSA) is 102 Å². The second-order valence-electron chi connectivity index (χ2n) is 3.78. The normalized spacial score (nSPS) is 11.7. The molecule has 6 heteroatoms. The Bertz CT molecular complexity index is 434. The number of aliphatic carboxylic acids is 1. The number of hydrogen-bond acceptors (Lipinski definition) is 5. The SMILES string of the molecule is COC(=O)c1ccccc1NCC(N)CC(=O)O. The summed E-state index contributed by atoms with van der Waals surface area (Å²) in [5, 5.41) is 11.5. The van der Waals surface area contributed by atoms with E-state index in [0.717, 1.165) is 0 Å². The fourth-order valence-electron chi connectivity index (χ4n) is 1.46. The van der Waals surface area contributed by atoms with Crippen LogP contribution < -0.4 is 11.1 Å². The van der Waals surface area contributed by atoms with Gasteiger partial charge in [-0.1, -0.05) is 12.1 Å². The maximum Gasteiger partial charge on any atom is 0.339 e. The zero-order chi connectivity index (χ0) is 13.5. The van der Waals surface area contributed by atoms with Crippen LogP contribution in [-0.2, 0) is 9.53 Å². The highest BCUT2D eigenvalue weighted by Crippen LogP contribution is 2.15. The highest BCUT2D eigenvalue weighted by molar-refractivity contribution is 5.95. The van der Waals surface area contributed by atoms with Crippen LogP contribution in [-0.4, -0.2) is 36.7 Å². The number of rotatable bonds is 6. The van der Waals surface area contributed by atoms with Gasteiger partial charge in [0.2, 0.25) is 0 Å². The standard InChI is InChI=1S/C12H16N2O4/c1-18-12(17)9-4-2-3-5-10(9)14-7-8(13)6-11(15)16/h2-5,8,14H,6-7,13H2,1H3,(H,15,16). The molecule has 6 nitrogen and oxygen atoms in total. The molecule has 1 unspecified atom stereocenters. The number of ether oxygens (including phenoxy) is 1. The first-order valence-corrected chi connectivity index (χ1v) is 5.43. The summed E-state index contributed by atoms with van der Waals surface area (Å²) in [6, 6.07) is 6.29. The van der Waals surface area contributed by atoms with Crippen molar-refractivity contribution < 1.29 is 19.4 Å². The second kappa shape index (κ2) is 6.61. The van der Waals surface area contributed by atoms with Gasteiger partial charge < -0.3 is 20.9 Å². The highest BCUT2D eigenvalue weighted by Gasteiger charge is 2.12. The number of carboxylic acids is 1. The van der Waals surface area contributed by atoms with E-state index in [9.17, 15) is 9.59 Å². The maximum absolute atomic E-state index is 11.5. The van der Waals surface area contributed by atoms with E-state index in [1.54, 1.807) is 24.3 Å². The number of esters is 1. The third kappa shape index (κ3) is 4.06. The molecule has 0 aromatic heterocycles. The molecule has 0 saturated carbocycles. The van der Waals surface area contributed by atoms with Crippen molar-refractivity contribution in [3.05, 3.63) is 29.8 Å². The van der Waals surface area contributed by atoms with Crippen molar-refractivity contribution in [2.45, 2.75) is 12.5 Å².